The van der Waals surface area contributed by atoms with E-state index in [1.807, 2.05) is 24.3 Å². The summed E-state index contributed by atoms with van der Waals surface area (Å²) in [4.78, 5) is 2.42. The topological polar surface area (TPSA) is 3.24 Å². The third kappa shape index (κ3) is 3.54. The predicted octanol–water partition coefficient (Wildman–Crippen LogP) is 5.42. The highest BCUT2D eigenvalue weighted by Gasteiger charge is 2.19. The van der Waals surface area contributed by atoms with Crippen LogP contribution in [0.1, 0.15) is 31.0 Å². The zero-order valence-corrected chi connectivity index (χ0v) is 13.3. The lowest BCUT2D eigenvalue weighted by atomic mass is 9.97. The van der Waals surface area contributed by atoms with Gasteiger partial charge in [0.1, 0.15) is 0 Å². The first-order valence-corrected chi connectivity index (χ1v) is 7.66. The van der Waals surface area contributed by atoms with Gasteiger partial charge in [-0.05, 0) is 48.5 Å². The van der Waals surface area contributed by atoms with Crippen LogP contribution in [0.15, 0.2) is 48.5 Å². The molecule has 2 aromatic carbocycles. The lowest BCUT2D eigenvalue weighted by Gasteiger charge is -2.30. The van der Waals surface area contributed by atoms with Crippen LogP contribution in [0.25, 0.3) is 0 Å². The van der Waals surface area contributed by atoms with E-state index in [9.17, 15) is 0 Å². The largest absolute Gasteiger partial charge is 0.293 e. The smallest absolute Gasteiger partial charge is 0.0601 e. The Balaban J connectivity index is 2.43. The average Bonchev–Trinajstić information content (AvgIpc) is 2.47. The van der Waals surface area contributed by atoms with Gasteiger partial charge in [-0.15, -0.1) is 0 Å². The van der Waals surface area contributed by atoms with Crippen molar-refractivity contribution in [2.45, 2.75) is 19.9 Å². The number of nitrogens with zero attached hydrogens (tertiary/aromatic N) is 1. The first-order chi connectivity index (χ1) is 9.65. The minimum absolute atomic E-state index is 0.236. The standard InChI is InChI=1S/C17H19Cl2N/c1-3-20(4-2)17(13-5-9-15(18)10-6-13)14-7-11-16(19)12-8-14/h5-12,17H,3-4H2,1-2H3. The van der Waals surface area contributed by atoms with Crippen LogP contribution >= 0.6 is 23.2 Å². The highest BCUT2D eigenvalue weighted by Crippen LogP contribution is 2.30. The van der Waals surface area contributed by atoms with Gasteiger partial charge >= 0.3 is 0 Å². The van der Waals surface area contributed by atoms with Gasteiger partial charge in [0.05, 0.1) is 6.04 Å². The first kappa shape index (κ1) is 15.4. The van der Waals surface area contributed by atoms with Gasteiger partial charge in [0, 0.05) is 10.0 Å². The SMILES string of the molecule is CCN(CC)C(c1ccc(Cl)cc1)c1ccc(Cl)cc1. The fraction of sp³-hybridized carbons (Fsp3) is 0.294. The fourth-order valence-electron chi connectivity index (χ4n) is 2.49. The van der Waals surface area contributed by atoms with E-state index in [2.05, 4.69) is 43.0 Å². The van der Waals surface area contributed by atoms with Gasteiger partial charge in [0.2, 0.25) is 0 Å². The molecule has 0 saturated carbocycles. The second-order valence-electron chi connectivity index (χ2n) is 4.73. The van der Waals surface area contributed by atoms with Gasteiger partial charge in [0.15, 0.2) is 0 Å². The van der Waals surface area contributed by atoms with E-state index >= 15 is 0 Å². The molecule has 0 aromatic heterocycles. The molecule has 0 radical (unpaired) electrons. The van der Waals surface area contributed by atoms with E-state index in [0.29, 0.717) is 0 Å². The van der Waals surface area contributed by atoms with Crippen molar-refractivity contribution in [3.05, 3.63) is 69.7 Å². The predicted molar refractivity (Wildman–Crippen MR) is 87.7 cm³/mol. The summed E-state index contributed by atoms with van der Waals surface area (Å²) in [6.07, 6.45) is 0. The molecule has 0 amide bonds. The molecular formula is C17H19Cl2N. The molecule has 0 unspecified atom stereocenters. The van der Waals surface area contributed by atoms with Crippen LogP contribution in [-0.4, -0.2) is 18.0 Å². The van der Waals surface area contributed by atoms with Crippen molar-refractivity contribution in [2.75, 3.05) is 13.1 Å². The molecule has 0 fully saturated rings. The molecule has 1 nitrogen and oxygen atoms in total. The molecule has 0 saturated heterocycles. The Kier molecular flexibility index (Phi) is 5.47. The number of benzene rings is 2. The summed E-state index contributed by atoms with van der Waals surface area (Å²) < 4.78 is 0. The molecule has 0 spiro atoms. The normalized spacial score (nSPS) is 11.3. The molecule has 0 aliphatic heterocycles. The Morgan fingerprint density at radius 1 is 0.750 bits per heavy atom. The van der Waals surface area contributed by atoms with Gasteiger partial charge in [0.25, 0.3) is 0 Å². The molecule has 0 aliphatic rings. The molecule has 0 N–H and O–H groups in total. The molecule has 3 heteroatoms. The molecular weight excluding hydrogens is 289 g/mol. The van der Waals surface area contributed by atoms with E-state index in [4.69, 9.17) is 23.2 Å². The van der Waals surface area contributed by atoms with Crippen molar-refractivity contribution in [1.82, 2.24) is 4.90 Å². The summed E-state index contributed by atoms with van der Waals surface area (Å²) in [5.74, 6) is 0. The van der Waals surface area contributed by atoms with E-state index in [1.54, 1.807) is 0 Å². The number of hydrogen-bond acceptors (Lipinski definition) is 1. The third-order valence-electron chi connectivity index (χ3n) is 3.55. The molecule has 20 heavy (non-hydrogen) atoms. The Bertz CT molecular complexity index is 484. The maximum absolute atomic E-state index is 6.00. The lowest BCUT2D eigenvalue weighted by molar-refractivity contribution is 0.250. The minimum atomic E-state index is 0.236. The molecule has 0 bridgehead atoms. The summed E-state index contributed by atoms with van der Waals surface area (Å²) in [6.45, 7) is 6.35. The van der Waals surface area contributed by atoms with E-state index in [0.717, 1.165) is 23.1 Å². The lowest BCUT2D eigenvalue weighted by Crippen LogP contribution is -2.29. The van der Waals surface area contributed by atoms with Crippen molar-refractivity contribution in [1.29, 1.82) is 0 Å². The van der Waals surface area contributed by atoms with Crippen LogP contribution in [0.2, 0.25) is 10.0 Å². The summed E-state index contributed by atoms with van der Waals surface area (Å²) in [6, 6.07) is 16.4. The summed E-state index contributed by atoms with van der Waals surface area (Å²) in [5.41, 5.74) is 2.50. The van der Waals surface area contributed by atoms with Gasteiger partial charge in [-0.1, -0.05) is 61.3 Å². The zero-order valence-electron chi connectivity index (χ0n) is 11.8. The molecule has 106 valence electrons. The maximum Gasteiger partial charge on any atom is 0.0601 e. The van der Waals surface area contributed by atoms with Gasteiger partial charge in [-0.3, -0.25) is 4.90 Å². The minimum Gasteiger partial charge on any atom is -0.293 e. The van der Waals surface area contributed by atoms with E-state index < -0.39 is 0 Å². The third-order valence-corrected chi connectivity index (χ3v) is 4.05. The fourth-order valence-corrected chi connectivity index (χ4v) is 2.74. The van der Waals surface area contributed by atoms with Crippen molar-refractivity contribution in [2.24, 2.45) is 0 Å². The monoisotopic (exact) mass is 307 g/mol. The first-order valence-electron chi connectivity index (χ1n) is 6.90. The van der Waals surface area contributed by atoms with Crippen LogP contribution in [0, 0.1) is 0 Å². The summed E-state index contributed by atoms with van der Waals surface area (Å²) in [7, 11) is 0. The van der Waals surface area contributed by atoms with E-state index in [1.165, 1.54) is 11.1 Å². The highest BCUT2D eigenvalue weighted by atomic mass is 35.5. The zero-order chi connectivity index (χ0) is 14.5. The maximum atomic E-state index is 6.00. The molecule has 2 rings (SSSR count). The molecule has 0 heterocycles. The van der Waals surface area contributed by atoms with Crippen molar-refractivity contribution >= 4 is 23.2 Å². The Morgan fingerprint density at radius 3 is 1.40 bits per heavy atom. The van der Waals surface area contributed by atoms with Crippen molar-refractivity contribution in [3.63, 3.8) is 0 Å². The second-order valence-corrected chi connectivity index (χ2v) is 5.60. The van der Waals surface area contributed by atoms with Gasteiger partial charge in [-0.25, -0.2) is 0 Å². The van der Waals surface area contributed by atoms with Crippen LogP contribution in [0.4, 0.5) is 0 Å². The molecule has 2 aromatic rings. The van der Waals surface area contributed by atoms with Crippen LogP contribution < -0.4 is 0 Å². The van der Waals surface area contributed by atoms with Crippen LogP contribution in [0.5, 0.6) is 0 Å². The van der Waals surface area contributed by atoms with Crippen LogP contribution in [-0.2, 0) is 0 Å². The van der Waals surface area contributed by atoms with Gasteiger partial charge < -0.3 is 0 Å². The van der Waals surface area contributed by atoms with Gasteiger partial charge in [-0.2, -0.15) is 0 Å². The number of rotatable bonds is 5. The second kappa shape index (κ2) is 7.12. The average molecular weight is 308 g/mol. The van der Waals surface area contributed by atoms with Crippen molar-refractivity contribution < 1.29 is 0 Å². The number of hydrogen-bond donors (Lipinski definition) is 0. The Morgan fingerprint density at radius 2 is 1.10 bits per heavy atom. The van der Waals surface area contributed by atoms with Crippen molar-refractivity contribution in [3.8, 4) is 0 Å². The highest BCUT2D eigenvalue weighted by molar-refractivity contribution is 6.30. The summed E-state index contributed by atoms with van der Waals surface area (Å²) in [5, 5.41) is 1.53. The molecule has 0 atom stereocenters. The Hall–Kier alpha value is -1.02. The quantitative estimate of drug-likeness (QED) is 0.712. The summed E-state index contributed by atoms with van der Waals surface area (Å²) >= 11 is 12.0. The molecule has 0 aliphatic carbocycles. The Labute approximate surface area is 131 Å². The number of halogens is 2. The van der Waals surface area contributed by atoms with Crippen LogP contribution in [0.3, 0.4) is 0 Å². The van der Waals surface area contributed by atoms with E-state index in [-0.39, 0.29) is 6.04 Å².